The monoisotopic (exact) mass is 284 g/mol. The van der Waals surface area contributed by atoms with Crippen molar-refractivity contribution in [2.75, 3.05) is 0 Å². The maximum atomic E-state index is 3.92. The van der Waals surface area contributed by atoms with E-state index in [9.17, 15) is 0 Å². The van der Waals surface area contributed by atoms with Gasteiger partial charge >= 0.3 is 74.1 Å². The average molecular weight is 283 g/mol. The number of rotatable bonds is 3. The second-order valence-corrected chi connectivity index (χ2v) is 7.18. The van der Waals surface area contributed by atoms with Crippen LogP contribution in [0.1, 0.15) is 39.7 Å². The SMILES string of the molecule is C=C(C)[Se]c1ccccc1C.CCC(C)C. The maximum Gasteiger partial charge on any atom is -0.0474 e. The number of hydrogen-bond donors (Lipinski definition) is 0. The molecule has 1 aromatic carbocycles. The first-order valence-electron chi connectivity index (χ1n) is 5.86. The van der Waals surface area contributed by atoms with E-state index in [-0.39, 0.29) is 0 Å². The van der Waals surface area contributed by atoms with Crippen molar-refractivity contribution < 1.29 is 0 Å². The van der Waals surface area contributed by atoms with Gasteiger partial charge in [-0.3, -0.25) is 0 Å². The van der Waals surface area contributed by atoms with Crippen molar-refractivity contribution in [3.8, 4) is 0 Å². The Morgan fingerprint density at radius 3 is 2.19 bits per heavy atom. The summed E-state index contributed by atoms with van der Waals surface area (Å²) >= 11 is 0.464. The van der Waals surface area contributed by atoms with Crippen LogP contribution in [0.2, 0.25) is 0 Å². The van der Waals surface area contributed by atoms with E-state index in [0.29, 0.717) is 15.0 Å². The molecule has 0 saturated heterocycles. The Bertz CT molecular complexity index is 313. The minimum absolute atomic E-state index is 0.464. The van der Waals surface area contributed by atoms with E-state index >= 15 is 0 Å². The van der Waals surface area contributed by atoms with Crippen LogP contribution in [0.4, 0.5) is 0 Å². The third-order valence-electron chi connectivity index (χ3n) is 2.19. The number of hydrogen-bond acceptors (Lipinski definition) is 0. The second kappa shape index (κ2) is 8.61. The minimum atomic E-state index is 0.464. The van der Waals surface area contributed by atoms with Crippen molar-refractivity contribution in [1.82, 2.24) is 0 Å². The molecule has 1 aromatic rings. The first kappa shape index (κ1) is 15.5. The average Bonchev–Trinajstić information content (AvgIpc) is 2.22. The first-order valence-corrected chi connectivity index (χ1v) is 7.57. The minimum Gasteiger partial charge on any atom is -0.0651 e. The van der Waals surface area contributed by atoms with E-state index in [0.717, 1.165) is 5.92 Å². The van der Waals surface area contributed by atoms with E-state index in [4.69, 9.17) is 0 Å². The van der Waals surface area contributed by atoms with Gasteiger partial charge in [0.1, 0.15) is 0 Å². The molecule has 0 bridgehead atoms. The zero-order valence-corrected chi connectivity index (χ0v) is 12.9. The third-order valence-corrected chi connectivity index (χ3v) is 4.35. The van der Waals surface area contributed by atoms with E-state index in [1.807, 2.05) is 0 Å². The molecule has 0 unspecified atom stereocenters. The smallest absolute Gasteiger partial charge is 0.0474 e. The molecule has 0 aliphatic heterocycles. The molecule has 0 aliphatic rings. The van der Waals surface area contributed by atoms with Crippen LogP contribution in [0.3, 0.4) is 0 Å². The van der Waals surface area contributed by atoms with Crippen LogP contribution >= 0.6 is 0 Å². The molecular weight excluding hydrogens is 259 g/mol. The van der Waals surface area contributed by atoms with Gasteiger partial charge in [0.25, 0.3) is 0 Å². The van der Waals surface area contributed by atoms with E-state index in [2.05, 4.69) is 65.5 Å². The summed E-state index contributed by atoms with van der Waals surface area (Å²) in [5.74, 6) is 0.884. The molecule has 90 valence electrons. The molecule has 1 rings (SSSR count). The summed E-state index contributed by atoms with van der Waals surface area (Å²) in [7, 11) is 0. The summed E-state index contributed by atoms with van der Waals surface area (Å²) in [6.45, 7) is 14.8. The Morgan fingerprint density at radius 2 is 1.81 bits per heavy atom. The van der Waals surface area contributed by atoms with Crippen LogP contribution in [0.15, 0.2) is 35.3 Å². The molecule has 0 fully saturated rings. The Balaban J connectivity index is 0.000000385. The van der Waals surface area contributed by atoms with Crippen LogP contribution < -0.4 is 4.46 Å². The van der Waals surface area contributed by atoms with Crippen LogP contribution in [0.5, 0.6) is 0 Å². The Morgan fingerprint density at radius 1 is 1.31 bits per heavy atom. The number of aryl methyl sites for hydroxylation is 1. The predicted octanol–water partition coefficient (Wildman–Crippen LogP) is 3.91. The van der Waals surface area contributed by atoms with Gasteiger partial charge in [-0.05, 0) is 5.92 Å². The fourth-order valence-electron chi connectivity index (χ4n) is 0.859. The fraction of sp³-hybridized carbons (Fsp3) is 0.467. The van der Waals surface area contributed by atoms with Gasteiger partial charge in [0.2, 0.25) is 0 Å². The van der Waals surface area contributed by atoms with Crippen LogP contribution in [-0.4, -0.2) is 15.0 Å². The van der Waals surface area contributed by atoms with Gasteiger partial charge in [-0.1, -0.05) is 27.2 Å². The van der Waals surface area contributed by atoms with Crippen molar-refractivity contribution in [3.63, 3.8) is 0 Å². The first-order chi connectivity index (χ1) is 7.47. The quantitative estimate of drug-likeness (QED) is 0.738. The van der Waals surface area contributed by atoms with Crippen molar-refractivity contribution >= 4 is 19.4 Å². The molecule has 0 nitrogen and oxygen atoms in total. The summed E-state index contributed by atoms with van der Waals surface area (Å²) < 4.78 is 2.74. The maximum absolute atomic E-state index is 3.92. The largest absolute Gasteiger partial charge is 0.0651 e. The number of benzene rings is 1. The van der Waals surface area contributed by atoms with Gasteiger partial charge in [0.05, 0.1) is 0 Å². The van der Waals surface area contributed by atoms with E-state index in [1.54, 1.807) is 0 Å². The molecule has 0 heterocycles. The van der Waals surface area contributed by atoms with Gasteiger partial charge in [0.15, 0.2) is 0 Å². The molecule has 0 radical (unpaired) electrons. The van der Waals surface area contributed by atoms with Crippen molar-refractivity contribution in [2.45, 2.75) is 41.0 Å². The molecule has 0 amide bonds. The van der Waals surface area contributed by atoms with Gasteiger partial charge in [-0.2, -0.15) is 0 Å². The summed E-state index contributed by atoms with van der Waals surface area (Å²) in [5, 5.41) is 0. The van der Waals surface area contributed by atoms with Crippen LogP contribution in [-0.2, 0) is 0 Å². The Labute approximate surface area is 107 Å². The van der Waals surface area contributed by atoms with E-state index < -0.39 is 0 Å². The Kier molecular flexibility index (Phi) is 8.33. The molecule has 0 N–H and O–H groups in total. The van der Waals surface area contributed by atoms with Gasteiger partial charge in [-0.15, -0.1) is 0 Å². The molecule has 1 heteroatoms. The predicted molar refractivity (Wildman–Crippen MR) is 76.5 cm³/mol. The van der Waals surface area contributed by atoms with E-state index in [1.165, 1.54) is 20.9 Å². The summed E-state index contributed by atoms with van der Waals surface area (Å²) in [4.78, 5) is 0. The molecule has 16 heavy (non-hydrogen) atoms. The summed E-state index contributed by atoms with van der Waals surface area (Å²) in [5.41, 5.74) is 1.38. The van der Waals surface area contributed by atoms with Crippen LogP contribution in [0, 0.1) is 12.8 Å². The number of allylic oxidation sites excluding steroid dienone is 1. The molecule has 0 spiro atoms. The van der Waals surface area contributed by atoms with Crippen molar-refractivity contribution in [3.05, 3.63) is 40.9 Å². The standard InChI is InChI=1S/C10H12Se.C5H12/c1-8(2)11-10-7-5-4-6-9(10)3;1-4-5(2)3/h4-7H,1H2,2-3H3;5H,4H2,1-3H3. The molecule has 0 saturated carbocycles. The fourth-order valence-corrected chi connectivity index (χ4v) is 2.43. The van der Waals surface area contributed by atoms with Crippen molar-refractivity contribution in [1.29, 1.82) is 0 Å². The molecular formula is C15H24Se. The second-order valence-electron chi connectivity index (χ2n) is 4.37. The topological polar surface area (TPSA) is 0 Å². The summed E-state index contributed by atoms with van der Waals surface area (Å²) in [6.07, 6.45) is 1.31. The molecule has 0 aromatic heterocycles. The third kappa shape index (κ3) is 7.73. The molecule has 0 aliphatic carbocycles. The Hall–Kier alpha value is -0.521. The zero-order chi connectivity index (χ0) is 12.6. The summed E-state index contributed by atoms with van der Waals surface area (Å²) in [6, 6.07) is 8.50. The van der Waals surface area contributed by atoms with Gasteiger partial charge in [-0.25, -0.2) is 0 Å². The van der Waals surface area contributed by atoms with Crippen LogP contribution in [0.25, 0.3) is 0 Å². The van der Waals surface area contributed by atoms with Gasteiger partial charge < -0.3 is 0 Å². The normalized spacial score (nSPS) is 9.62. The zero-order valence-electron chi connectivity index (χ0n) is 11.2. The van der Waals surface area contributed by atoms with Gasteiger partial charge in [0, 0.05) is 0 Å². The van der Waals surface area contributed by atoms with Crippen molar-refractivity contribution in [2.24, 2.45) is 5.92 Å². The molecule has 0 atom stereocenters.